The second-order valence-electron chi connectivity index (χ2n) is 5.34. The minimum Gasteiger partial charge on any atom is -0.443 e. The fourth-order valence-corrected chi connectivity index (χ4v) is 2.80. The number of oxazole rings is 1. The Bertz CT molecular complexity index is 724. The molecule has 1 aliphatic heterocycles. The van der Waals surface area contributed by atoms with Crippen molar-refractivity contribution in [2.45, 2.75) is 12.8 Å². The van der Waals surface area contributed by atoms with Crippen LogP contribution in [0.3, 0.4) is 0 Å². The van der Waals surface area contributed by atoms with Gasteiger partial charge in [-0.3, -0.25) is 0 Å². The van der Waals surface area contributed by atoms with Crippen LogP contribution in [0.4, 0.5) is 0 Å². The van der Waals surface area contributed by atoms with Crippen molar-refractivity contribution in [2.24, 2.45) is 5.92 Å². The summed E-state index contributed by atoms with van der Waals surface area (Å²) in [6.45, 7) is 2.22. The summed E-state index contributed by atoms with van der Waals surface area (Å²) in [5.41, 5.74) is 3.80. The summed E-state index contributed by atoms with van der Waals surface area (Å²) in [5, 5.41) is 3.39. The van der Waals surface area contributed by atoms with E-state index in [-0.39, 0.29) is 0 Å². The van der Waals surface area contributed by atoms with Crippen LogP contribution in [0.2, 0.25) is 0 Å². The van der Waals surface area contributed by atoms with Gasteiger partial charge in [0, 0.05) is 12.0 Å². The van der Waals surface area contributed by atoms with Gasteiger partial charge in [-0.15, -0.1) is 0 Å². The van der Waals surface area contributed by atoms with Crippen molar-refractivity contribution in [1.82, 2.24) is 20.3 Å². The number of rotatable bonds is 3. The molecule has 1 unspecified atom stereocenters. The van der Waals surface area contributed by atoms with E-state index in [1.54, 1.807) is 0 Å². The zero-order valence-corrected chi connectivity index (χ0v) is 11.1. The SMILES string of the molecule is c1nc2ccc(-c3cnc(CC4CCNC4)[nH]3)cc2o1. The lowest BCUT2D eigenvalue weighted by molar-refractivity contribution is 0.565. The Hall–Kier alpha value is -2.14. The number of hydrogen-bond donors (Lipinski definition) is 2. The summed E-state index contributed by atoms with van der Waals surface area (Å²) in [6, 6.07) is 6.01. The summed E-state index contributed by atoms with van der Waals surface area (Å²) >= 11 is 0. The maximum absolute atomic E-state index is 5.34. The van der Waals surface area contributed by atoms with Gasteiger partial charge < -0.3 is 14.7 Å². The monoisotopic (exact) mass is 268 g/mol. The van der Waals surface area contributed by atoms with Crippen LogP contribution >= 0.6 is 0 Å². The van der Waals surface area contributed by atoms with Gasteiger partial charge >= 0.3 is 0 Å². The molecule has 0 amide bonds. The number of benzene rings is 1. The Morgan fingerprint density at radius 2 is 2.30 bits per heavy atom. The third-order valence-corrected chi connectivity index (χ3v) is 3.92. The second kappa shape index (κ2) is 4.76. The Morgan fingerprint density at radius 3 is 3.20 bits per heavy atom. The Morgan fingerprint density at radius 1 is 1.30 bits per heavy atom. The Labute approximate surface area is 116 Å². The molecule has 20 heavy (non-hydrogen) atoms. The van der Waals surface area contributed by atoms with Crippen molar-refractivity contribution in [3.8, 4) is 11.3 Å². The van der Waals surface area contributed by atoms with E-state index in [1.165, 1.54) is 12.8 Å². The van der Waals surface area contributed by atoms with Crippen LogP contribution in [-0.2, 0) is 6.42 Å². The third kappa shape index (κ3) is 2.10. The maximum Gasteiger partial charge on any atom is 0.181 e. The van der Waals surface area contributed by atoms with Gasteiger partial charge in [0.25, 0.3) is 0 Å². The Kier molecular flexibility index (Phi) is 2.77. The van der Waals surface area contributed by atoms with Gasteiger partial charge in [-0.25, -0.2) is 9.97 Å². The fourth-order valence-electron chi connectivity index (χ4n) is 2.80. The number of aromatic amines is 1. The summed E-state index contributed by atoms with van der Waals surface area (Å²) in [5.74, 6) is 1.76. The number of H-pyrrole nitrogens is 1. The molecule has 1 fully saturated rings. The number of hydrogen-bond acceptors (Lipinski definition) is 4. The van der Waals surface area contributed by atoms with E-state index < -0.39 is 0 Å². The zero-order valence-electron chi connectivity index (χ0n) is 11.1. The highest BCUT2D eigenvalue weighted by Crippen LogP contribution is 2.23. The molecule has 102 valence electrons. The van der Waals surface area contributed by atoms with Gasteiger partial charge in [-0.1, -0.05) is 6.07 Å². The molecule has 1 atom stereocenters. The number of nitrogens with one attached hydrogen (secondary N) is 2. The summed E-state index contributed by atoms with van der Waals surface area (Å²) in [4.78, 5) is 12.0. The van der Waals surface area contributed by atoms with E-state index in [4.69, 9.17) is 4.42 Å². The first-order valence-electron chi connectivity index (χ1n) is 6.97. The molecule has 3 heterocycles. The summed E-state index contributed by atoms with van der Waals surface area (Å²) in [6.07, 6.45) is 5.62. The van der Waals surface area contributed by atoms with Crippen molar-refractivity contribution in [2.75, 3.05) is 13.1 Å². The molecule has 5 nitrogen and oxygen atoms in total. The predicted octanol–water partition coefficient (Wildman–Crippen LogP) is 2.37. The van der Waals surface area contributed by atoms with Crippen LogP contribution in [-0.4, -0.2) is 28.0 Å². The minimum atomic E-state index is 0.700. The molecule has 3 aromatic rings. The smallest absolute Gasteiger partial charge is 0.181 e. The van der Waals surface area contributed by atoms with Crippen LogP contribution < -0.4 is 5.32 Å². The van der Waals surface area contributed by atoms with Gasteiger partial charge in [-0.05, 0) is 37.6 Å². The average Bonchev–Trinajstić information content (AvgIpc) is 3.19. The van der Waals surface area contributed by atoms with E-state index in [2.05, 4.69) is 20.3 Å². The molecular weight excluding hydrogens is 252 g/mol. The molecule has 5 heteroatoms. The van der Waals surface area contributed by atoms with Gasteiger partial charge in [0.2, 0.25) is 0 Å². The molecule has 0 spiro atoms. The normalized spacial score (nSPS) is 18.9. The molecular formula is C15H16N4O. The zero-order chi connectivity index (χ0) is 13.4. The van der Waals surface area contributed by atoms with Crippen molar-refractivity contribution in [1.29, 1.82) is 0 Å². The van der Waals surface area contributed by atoms with Crippen LogP contribution in [0.5, 0.6) is 0 Å². The van der Waals surface area contributed by atoms with E-state index in [9.17, 15) is 0 Å². The molecule has 0 aliphatic carbocycles. The quantitative estimate of drug-likeness (QED) is 0.765. The predicted molar refractivity (Wildman–Crippen MR) is 76.3 cm³/mol. The molecule has 2 N–H and O–H groups in total. The molecule has 2 aromatic heterocycles. The first-order valence-corrected chi connectivity index (χ1v) is 6.97. The van der Waals surface area contributed by atoms with Crippen molar-refractivity contribution < 1.29 is 4.42 Å². The van der Waals surface area contributed by atoms with Gasteiger partial charge in [0.1, 0.15) is 11.3 Å². The molecule has 0 bridgehead atoms. The van der Waals surface area contributed by atoms with Gasteiger partial charge in [0.15, 0.2) is 12.0 Å². The molecule has 4 rings (SSSR count). The van der Waals surface area contributed by atoms with E-state index in [0.717, 1.165) is 47.7 Å². The minimum absolute atomic E-state index is 0.700. The lowest BCUT2D eigenvalue weighted by Gasteiger charge is -2.04. The van der Waals surface area contributed by atoms with Gasteiger partial charge in [-0.2, -0.15) is 0 Å². The third-order valence-electron chi connectivity index (χ3n) is 3.92. The van der Waals surface area contributed by atoms with Crippen LogP contribution in [0.15, 0.2) is 35.2 Å². The first-order chi connectivity index (χ1) is 9.88. The highest BCUT2D eigenvalue weighted by molar-refractivity contribution is 5.78. The first kappa shape index (κ1) is 11.7. The van der Waals surface area contributed by atoms with Crippen molar-refractivity contribution in [3.63, 3.8) is 0 Å². The van der Waals surface area contributed by atoms with Crippen LogP contribution in [0.1, 0.15) is 12.2 Å². The molecule has 1 aromatic carbocycles. The molecule has 0 radical (unpaired) electrons. The van der Waals surface area contributed by atoms with E-state index in [1.807, 2.05) is 24.4 Å². The lowest BCUT2D eigenvalue weighted by atomic mass is 10.1. The number of fused-ring (bicyclic) bond motifs is 1. The van der Waals surface area contributed by atoms with Gasteiger partial charge in [0.05, 0.1) is 11.9 Å². The topological polar surface area (TPSA) is 66.7 Å². The number of nitrogens with zero attached hydrogens (tertiary/aromatic N) is 2. The second-order valence-corrected chi connectivity index (χ2v) is 5.34. The maximum atomic E-state index is 5.34. The van der Waals surface area contributed by atoms with Crippen LogP contribution in [0, 0.1) is 5.92 Å². The number of aromatic nitrogens is 3. The lowest BCUT2D eigenvalue weighted by Crippen LogP contribution is -2.11. The summed E-state index contributed by atoms with van der Waals surface area (Å²) in [7, 11) is 0. The summed E-state index contributed by atoms with van der Waals surface area (Å²) < 4.78 is 5.34. The standard InChI is InChI=1S/C15H16N4O/c1-2-12-14(20-9-18-12)6-11(1)13-8-17-15(19-13)5-10-3-4-16-7-10/h1-2,6,8-10,16H,3-5,7H2,(H,17,19). The number of imidazole rings is 1. The highest BCUT2D eigenvalue weighted by Gasteiger charge is 2.16. The Balaban J connectivity index is 1.59. The highest BCUT2D eigenvalue weighted by atomic mass is 16.3. The van der Waals surface area contributed by atoms with E-state index in [0.29, 0.717) is 5.92 Å². The molecule has 0 saturated carbocycles. The van der Waals surface area contributed by atoms with E-state index >= 15 is 0 Å². The molecule has 1 saturated heterocycles. The fraction of sp³-hybridized carbons (Fsp3) is 0.333. The average molecular weight is 268 g/mol. The molecule has 1 aliphatic rings. The van der Waals surface area contributed by atoms with Crippen molar-refractivity contribution in [3.05, 3.63) is 36.6 Å². The largest absolute Gasteiger partial charge is 0.443 e. The van der Waals surface area contributed by atoms with Crippen molar-refractivity contribution >= 4 is 11.1 Å². The van der Waals surface area contributed by atoms with Crippen LogP contribution in [0.25, 0.3) is 22.4 Å².